The highest BCUT2D eigenvalue weighted by molar-refractivity contribution is 4.96. The molecular weight excluding hydrogens is 318 g/mol. The maximum Gasteiger partial charge on any atom is 0.157 e. The van der Waals surface area contributed by atoms with E-state index in [0.717, 1.165) is 31.1 Å². The molecule has 146 valence electrons. The molecular formula is C22H38F2O. The molecule has 3 aliphatic carbocycles. The van der Waals surface area contributed by atoms with Gasteiger partial charge in [0.1, 0.15) is 6.17 Å². The van der Waals surface area contributed by atoms with E-state index in [2.05, 4.69) is 6.92 Å². The molecule has 0 amide bonds. The van der Waals surface area contributed by atoms with Crippen molar-refractivity contribution >= 4 is 0 Å². The van der Waals surface area contributed by atoms with Crippen LogP contribution in [0, 0.1) is 29.6 Å². The molecule has 3 saturated carbocycles. The Hall–Kier alpha value is -0.180. The zero-order valence-electron chi connectivity index (χ0n) is 16.3. The van der Waals surface area contributed by atoms with Crippen molar-refractivity contribution in [3.63, 3.8) is 0 Å². The lowest BCUT2D eigenvalue weighted by Gasteiger charge is -2.45. The molecule has 0 bridgehead atoms. The average molecular weight is 357 g/mol. The zero-order valence-corrected chi connectivity index (χ0v) is 16.3. The number of ether oxygens (including phenoxy) is 1. The molecule has 0 N–H and O–H groups in total. The number of fused-ring (bicyclic) bond motifs is 1. The van der Waals surface area contributed by atoms with Crippen LogP contribution in [-0.4, -0.2) is 25.6 Å². The molecule has 0 aromatic rings. The quantitative estimate of drug-likeness (QED) is 0.528. The van der Waals surface area contributed by atoms with E-state index in [0.29, 0.717) is 11.8 Å². The normalized spacial score (nSPS) is 45.1. The topological polar surface area (TPSA) is 9.23 Å². The summed E-state index contributed by atoms with van der Waals surface area (Å²) in [4.78, 5) is 0. The van der Waals surface area contributed by atoms with Crippen LogP contribution in [0.5, 0.6) is 0 Å². The third-order valence-corrected chi connectivity index (χ3v) is 7.71. The smallest absolute Gasteiger partial charge is 0.157 e. The molecule has 0 aromatic heterocycles. The molecule has 0 heterocycles. The van der Waals surface area contributed by atoms with Crippen molar-refractivity contribution in [2.24, 2.45) is 29.6 Å². The van der Waals surface area contributed by atoms with Gasteiger partial charge in [0.05, 0.1) is 6.10 Å². The van der Waals surface area contributed by atoms with Crippen LogP contribution in [0.15, 0.2) is 0 Å². The van der Waals surface area contributed by atoms with E-state index in [1.165, 1.54) is 64.9 Å². The summed E-state index contributed by atoms with van der Waals surface area (Å²) in [6.07, 6.45) is 11.6. The predicted molar refractivity (Wildman–Crippen MR) is 99.1 cm³/mol. The molecule has 1 nitrogen and oxygen atoms in total. The minimum Gasteiger partial charge on any atom is -0.378 e. The first-order valence-electron chi connectivity index (χ1n) is 10.9. The summed E-state index contributed by atoms with van der Waals surface area (Å²) < 4.78 is 34.0. The van der Waals surface area contributed by atoms with E-state index in [9.17, 15) is 8.78 Å². The second kappa shape index (κ2) is 9.15. The van der Waals surface area contributed by atoms with Crippen LogP contribution in [0.2, 0.25) is 0 Å². The standard InChI is InChI=1S/C22H38F2O/c1-3-4-15-5-7-16(8-6-15)9-10-17-11-12-18-14-20(25-2)22(24)21(23)19(18)13-17/h15-22H,3-14H2,1-2H3. The highest BCUT2D eigenvalue weighted by Crippen LogP contribution is 2.47. The van der Waals surface area contributed by atoms with Gasteiger partial charge in [-0.05, 0) is 48.9 Å². The fraction of sp³-hybridized carbons (Fsp3) is 1.00. The fourth-order valence-corrected chi connectivity index (χ4v) is 6.09. The summed E-state index contributed by atoms with van der Waals surface area (Å²) in [5.41, 5.74) is 0. The Morgan fingerprint density at radius 2 is 1.36 bits per heavy atom. The summed E-state index contributed by atoms with van der Waals surface area (Å²) in [5.74, 6) is 2.78. The van der Waals surface area contributed by atoms with Crippen LogP contribution in [0.1, 0.15) is 84.0 Å². The molecule has 3 rings (SSSR count). The van der Waals surface area contributed by atoms with E-state index in [1.807, 2.05) is 0 Å². The van der Waals surface area contributed by atoms with Gasteiger partial charge in [-0.25, -0.2) is 8.78 Å². The number of hydrogen-bond donors (Lipinski definition) is 0. The first-order chi connectivity index (χ1) is 12.1. The second-order valence-electron chi connectivity index (χ2n) is 9.25. The van der Waals surface area contributed by atoms with Crippen molar-refractivity contribution in [2.45, 2.75) is 102 Å². The first kappa shape index (κ1) is 19.6. The van der Waals surface area contributed by atoms with Crippen LogP contribution in [0.25, 0.3) is 0 Å². The van der Waals surface area contributed by atoms with Crippen LogP contribution in [0.3, 0.4) is 0 Å². The van der Waals surface area contributed by atoms with Gasteiger partial charge in [-0.1, -0.05) is 64.7 Å². The van der Waals surface area contributed by atoms with Crippen LogP contribution in [0.4, 0.5) is 8.78 Å². The number of methoxy groups -OCH3 is 1. The molecule has 3 fully saturated rings. The van der Waals surface area contributed by atoms with Gasteiger partial charge in [0.25, 0.3) is 0 Å². The highest BCUT2D eigenvalue weighted by atomic mass is 19.2. The summed E-state index contributed by atoms with van der Waals surface area (Å²) in [5, 5.41) is 0. The average Bonchev–Trinajstić information content (AvgIpc) is 2.64. The van der Waals surface area contributed by atoms with Crippen molar-refractivity contribution in [3.05, 3.63) is 0 Å². The van der Waals surface area contributed by atoms with Crippen molar-refractivity contribution in [2.75, 3.05) is 7.11 Å². The highest BCUT2D eigenvalue weighted by Gasteiger charge is 2.48. The summed E-state index contributed by atoms with van der Waals surface area (Å²) in [6.45, 7) is 2.29. The molecule has 0 aromatic carbocycles. The lowest BCUT2D eigenvalue weighted by Crippen LogP contribution is -2.49. The molecule has 25 heavy (non-hydrogen) atoms. The summed E-state index contributed by atoms with van der Waals surface area (Å²) in [6, 6.07) is 0. The SMILES string of the molecule is CCCC1CCC(CCC2CCC3CC(OC)C(F)C(F)C3C2)CC1. The van der Waals surface area contributed by atoms with Gasteiger partial charge < -0.3 is 4.74 Å². The van der Waals surface area contributed by atoms with E-state index in [-0.39, 0.29) is 5.92 Å². The van der Waals surface area contributed by atoms with Gasteiger partial charge in [0.15, 0.2) is 6.17 Å². The van der Waals surface area contributed by atoms with Crippen molar-refractivity contribution in [1.29, 1.82) is 0 Å². The number of alkyl halides is 2. The molecule has 6 unspecified atom stereocenters. The Labute approximate surface area is 153 Å². The predicted octanol–water partition coefficient (Wildman–Crippen LogP) is 6.50. The Balaban J connectivity index is 1.42. The van der Waals surface area contributed by atoms with Gasteiger partial charge in [-0.3, -0.25) is 0 Å². The molecule has 0 aliphatic heterocycles. The monoisotopic (exact) mass is 356 g/mol. The lowest BCUT2D eigenvalue weighted by atomic mass is 9.64. The van der Waals surface area contributed by atoms with Crippen molar-refractivity contribution in [3.8, 4) is 0 Å². The van der Waals surface area contributed by atoms with E-state index in [4.69, 9.17) is 4.74 Å². The fourth-order valence-electron chi connectivity index (χ4n) is 6.09. The van der Waals surface area contributed by atoms with E-state index in [1.54, 1.807) is 0 Å². The first-order valence-corrected chi connectivity index (χ1v) is 10.9. The molecule has 6 atom stereocenters. The third-order valence-electron chi connectivity index (χ3n) is 7.71. The van der Waals surface area contributed by atoms with Crippen LogP contribution in [-0.2, 0) is 4.74 Å². The van der Waals surface area contributed by atoms with Gasteiger partial charge in [-0.15, -0.1) is 0 Å². The lowest BCUT2D eigenvalue weighted by molar-refractivity contribution is -0.0957. The van der Waals surface area contributed by atoms with Gasteiger partial charge in [0.2, 0.25) is 0 Å². The van der Waals surface area contributed by atoms with Gasteiger partial charge in [-0.2, -0.15) is 0 Å². The molecule has 3 heteroatoms. The summed E-state index contributed by atoms with van der Waals surface area (Å²) in [7, 11) is 1.52. The Bertz CT molecular complexity index is 391. The number of halogens is 2. The second-order valence-corrected chi connectivity index (χ2v) is 9.25. The van der Waals surface area contributed by atoms with Gasteiger partial charge in [0, 0.05) is 7.11 Å². The van der Waals surface area contributed by atoms with Crippen molar-refractivity contribution < 1.29 is 13.5 Å². The Kier molecular flexibility index (Phi) is 7.17. The van der Waals surface area contributed by atoms with E-state index >= 15 is 0 Å². The van der Waals surface area contributed by atoms with Gasteiger partial charge >= 0.3 is 0 Å². The van der Waals surface area contributed by atoms with E-state index < -0.39 is 18.4 Å². The summed E-state index contributed by atoms with van der Waals surface area (Å²) >= 11 is 0. The minimum absolute atomic E-state index is 0.0551. The maximum atomic E-state index is 14.6. The molecule has 0 radical (unpaired) electrons. The number of hydrogen-bond acceptors (Lipinski definition) is 1. The minimum atomic E-state index is -1.42. The zero-order chi connectivity index (χ0) is 17.8. The number of rotatable bonds is 6. The largest absolute Gasteiger partial charge is 0.378 e. The van der Waals surface area contributed by atoms with Crippen LogP contribution < -0.4 is 0 Å². The third kappa shape index (κ3) is 4.76. The maximum absolute atomic E-state index is 14.6. The molecule has 0 saturated heterocycles. The Morgan fingerprint density at radius 1 is 0.760 bits per heavy atom. The van der Waals surface area contributed by atoms with Crippen molar-refractivity contribution in [1.82, 2.24) is 0 Å². The Morgan fingerprint density at radius 3 is 2.00 bits per heavy atom. The molecule has 3 aliphatic rings. The van der Waals surface area contributed by atoms with Crippen LogP contribution >= 0.6 is 0 Å². The molecule has 0 spiro atoms.